The summed E-state index contributed by atoms with van der Waals surface area (Å²) in [5.74, 6) is -1.90. The highest BCUT2D eigenvalue weighted by atomic mass is 79.9. The summed E-state index contributed by atoms with van der Waals surface area (Å²) in [5.41, 5.74) is 6.08. The Kier molecular flexibility index (Phi) is 3.82. The zero-order chi connectivity index (χ0) is 13.3. The van der Waals surface area contributed by atoms with E-state index in [4.69, 9.17) is 5.73 Å². The number of hydrogen-bond acceptors (Lipinski definition) is 3. The lowest BCUT2D eigenvalue weighted by atomic mass is 9.69. The lowest BCUT2D eigenvalue weighted by molar-refractivity contribution is 0.284. The summed E-state index contributed by atoms with van der Waals surface area (Å²) in [6.45, 7) is 0.387. The minimum absolute atomic E-state index is 0.159. The van der Waals surface area contributed by atoms with Gasteiger partial charge in [0.15, 0.2) is 17.3 Å². The molecule has 2 rings (SSSR count). The molecule has 0 aliphatic heterocycles. The zero-order valence-electron chi connectivity index (χ0n) is 10.0. The van der Waals surface area contributed by atoms with Crippen molar-refractivity contribution in [2.24, 2.45) is 5.73 Å². The van der Waals surface area contributed by atoms with E-state index < -0.39 is 11.6 Å². The molecular formula is C13H17BrFNO2. The topological polar surface area (TPSA) is 66.5 Å². The van der Waals surface area contributed by atoms with Gasteiger partial charge in [0.2, 0.25) is 0 Å². The van der Waals surface area contributed by atoms with Crippen LogP contribution in [-0.2, 0) is 5.41 Å². The number of phenolic OH excluding ortho intramolecular Hbond substituents is 2. The molecule has 5 heteroatoms. The van der Waals surface area contributed by atoms with E-state index in [2.05, 4.69) is 15.9 Å². The van der Waals surface area contributed by atoms with Crippen LogP contribution in [0.25, 0.3) is 0 Å². The Morgan fingerprint density at radius 1 is 1.22 bits per heavy atom. The Morgan fingerprint density at radius 2 is 1.83 bits per heavy atom. The highest BCUT2D eigenvalue weighted by molar-refractivity contribution is 9.10. The fourth-order valence-electron chi connectivity index (χ4n) is 2.82. The third-order valence-electron chi connectivity index (χ3n) is 3.94. The quantitative estimate of drug-likeness (QED) is 0.734. The average molecular weight is 318 g/mol. The molecule has 1 aromatic rings. The lowest BCUT2D eigenvalue weighted by Gasteiger charge is -2.37. The van der Waals surface area contributed by atoms with Gasteiger partial charge in [-0.05, 0) is 34.8 Å². The Morgan fingerprint density at radius 3 is 2.39 bits per heavy atom. The molecule has 0 atom stereocenters. The van der Waals surface area contributed by atoms with Crippen molar-refractivity contribution in [3.05, 3.63) is 21.9 Å². The maximum absolute atomic E-state index is 13.5. The smallest absolute Gasteiger partial charge is 0.195 e. The van der Waals surface area contributed by atoms with Crippen LogP contribution in [0.1, 0.15) is 37.7 Å². The van der Waals surface area contributed by atoms with Gasteiger partial charge in [-0.1, -0.05) is 19.3 Å². The molecule has 0 spiro atoms. The molecule has 4 N–H and O–H groups in total. The van der Waals surface area contributed by atoms with Crippen molar-refractivity contribution in [2.45, 2.75) is 37.5 Å². The van der Waals surface area contributed by atoms with Crippen LogP contribution < -0.4 is 5.73 Å². The largest absolute Gasteiger partial charge is 0.504 e. The van der Waals surface area contributed by atoms with Crippen molar-refractivity contribution < 1.29 is 14.6 Å². The van der Waals surface area contributed by atoms with Gasteiger partial charge >= 0.3 is 0 Å². The van der Waals surface area contributed by atoms with Crippen molar-refractivity contribution in [1.29, 1.82) is 0 Å². The molecule has 100 valence electrons. The van der Waals surface area contributed by atoms with Crippen LogP contribution in [0.5, 0.6) is 11.5 Å². The predicted molar refractivity (Wildman–Crippen MR) is 71.2 cm³/mol. The summed E-state index contributed by atoms with van der Waals surface area (Å²) >= 11 is 3.06. The molecule has 0 amide bonds. The summed E-state index contributed by atoms with van der Waals surface area (Å²) in [6, 6.07) is 1.54. The summed E-state index contributed by atoms with van der Waals surface area (Å²) in [7, 11) is 0. The van der Waals surface area contributed by atoms with E-state index >= 15 is 0 Å². The number of aromatic hydroxyl groups is 2. The van der Waals surface area contributed by atoms with Crippen LogP contribution >= 0.6 is 15.9 Å². The third-order valence-corrected chi connectivity index (χ3v) is 4.52. The normalized spacial score (nSPS) is 18.8. The van der Waals surface area contributed by atoms with Gasteiger partial charge < -0.3 is 15.9 Å². The number of phenols is 2. The maximum atomic E-state index is 13.5. The van der Waals surface area contributed by atoms with Crippen LogP contribution in [-0.4, -0.2) is 16.8 Å². The molecule has 0 bridgehead atoms. The van der Waals surface area contributed by atoms with Crippen molar-refractivity contribution in [3.8, 4) is 11.5 Å². The molecule has 3 nitrogen and oxygen atoms in total. The van der Waals surface area contributed by atoms with E-state index in [0.29, 0.717) is 12.1 Å². The standard InChI is InChI=1S/C13H17BrFNO2/c14-9-6-8(11(17)12(18)10(9)15)13(7-16)4-2-1-3-5-13/h6,17-18H,1-5,7,16H2. The molecule has 18 heavy (non-hydrogen) atoms. The Balaban J connectivity index is 2.55. The monoisotopic (exact) mass is 317 g/mol. The molecule has 0 radical (unpaired) electrons. The molecule has 0 heterocycles. The second-order valence-electron chi connectivity index (χ2n) is 4.96. The highest BCUT2D eigenvalue weighted by Gasteiger charge is 2.36. The molecule has 0 unspecified atom stereocenters. The van der Waals surface area contributed by atoms with E-state index in [1.54, 1.807) is 6.07 Å². The van der Waals surface area contributed by atoms with E-state index in [1.807, 2.05) is 0 Å². The summed E-state index contributed by atoms with van der Waals surface area (Å²) in [6.07, 6.45) is 4.93. The molecular weight excluding hydrogens is 301 g/mol. The minimum Gasteiger partial charge on any atom is -0.504 e. The van der Waals surface area contributed by atoms with Crippen LogP contribution in [0.4, 0.5) is 4.39 Å². The number of halogens is 2. The van der Waals surface area contributed by atoms with E-state index in [-0.39, 0.29) is 15.6 Å². The number of nitrogens with two attached hydrogens (primary N) is 1. The third kappa shape index (κ3) is 2.10. The van der Waals surface area contributed by atoms with E-state index in [0.717, 1.165) is 32.1 Å². The first-order chi connectivity index (χ1) is 8.52. The Bertz CT molecular complexity index is 459. The van der Waals surface area contributed by atoms with Crippen molar-refractivity contribution in [3.63, 3.8) is 0 Å². The van der Waals surface area contributed by atoms with Gasteiger partial charge in [-0.2, -0.15) is 0 Å². The molecule has 0 aromatic heterocycles. The van der Waals surface area contributed by atoms with Crippen LogP contribution in [0.15, 0.2) is 10.5 Å². The van der Waals surface area contributed by atoms with Crippen molar-refractivity contribution in [1.82, 2.24) is 0 Å². The number of rotatable bonds is 2. The minimum atomic E-state index is -0.834. The number of benzene rings is 1. The molecule has 1 aliphatic rings. The molecule has 1 fully saturated rings. The predicted octanol–water partition coefficient (Wildman–Crippen LogP) is 3.16. The van der Waals surface area contributed by atoms with Crippen molar-refractivity contribution in [2.75, 3.05) is 6.54 Å². The zero-order valence-corrected chi connectivity index (χ0v) is 11.6. The van der Waals surface area contributed by atoms with E-state index in [1.165, 1.54) is 0 Å². The fraction of sp³-hybridized carbons (Fsp3) is 0.538. The Hall–Kier alpha value is -0.810. The molecule has 1 aromatic carbocycles. The van der Waals surface area contributed by atoms with Gasteiger partial charge in [0.1, 0.15) is 0 Å². The van der Waals surface area contributed by atoms with Gasteiger partial charge in [-0.3, -0.25) is 0 Å². The summed E-state index contributed by atoms with van der Waals surface area (Å²) < 4.78 is 13.6. The van der Waals surface area contributed by atoms with E-state index in [9.17, 15) is 14.6 Å². The van der Waals surface area contributed by atoms with Gasteiger partial charge in [-0.15, -0.1) is 0 Å². The average Bonchev–Trinajstić information content (AvgIpc) is 2.41. The Labute approximate surface area is 114 Å². The second kappa shape index (κ2) is 5.05. The second-order valence-corrected chi connectivity index (χ2v) is 5.82. The lowest BCUT2D eigenvalue weighted by Crippen LogP contribution is -2.37. The first-order valence-electron chi connectivity index (χ1n) is 6.12. The maximum Gasteiger partial charge on any atom is 0.195 e. The van der Waals surface area contributed by atoms with Crippen molar-refractivity contribution >= 4 is 15.9 Å². The van der Waals surface area contributed by atoms with Crippen LogP contribution in [0.3, 0.4) is 0 Å². The SMILES string of the molecule is NCC1(c2cc(Br)c(F)c(O)c2O)CCCCC1. The first-order valence-corrected chi connectivity index (χ1v) is 6.91. The highest BCUT2D eigenvalue weighted by Crippen LogP contribution is 2.47. The van der Waals surface area contributed by atoms with Gasteiger partial charge in [0.05, 0.1) is 4.47 Å². The molecule has 0 saturated heterocycles. The summed E-state index contributed by atoms with van der Waals surface area (Å²) in [5, 5.41) is 19.6. The molecule has 1 aliphatic carbocycles. The van der Waals surface area contributed by atoms with Gasteiger partial charge in [0.25, 0.3) is 0 Å². The summed E-state index contributed by atoms with van der Waals surface area (Å²) in [4.78, 5) is 0. The van der Waals surface area contributed by atoms with Crippen LogP contribution in [0.2, 0.25) is 0 Å². The first kappa shape index (κ1) is 13.6. The fourth-order valence-corrected chi connectivity index (χ4v) is 3.24. The van der Waals surface area contributed by atoms with Gasteiger partial charge in [0, 0.05) is 17.5 Å². The van der Waals surface area contributed by atoms with Crippen LogP contribution in [0, 0.1) is 5.82 Å². The van der Waals surface area contributed by atoms with Gasteiger partial charge in [-0.25, -0.2) is 4.39 Å². The number of hydrogen-bond donors (Lipinski definition) is 3. The molecule has 1 saturated carbocycles.